The summed E-state index contributed by atoms with van der Waals surface area (Å²) >= 11 is 1.32. The molecule has 0 aliphatic heterocycles. The molecule has 11 heteroatoms. The Kier molecular flexibility index (Phi) is 7.83. The fourth-order valence-electron chi connectivity index (χ4n) is 4.00. The average molecular weight is 561 g/mol. The third-order valence-corrected chi connectivity index (χ3v) is 6.55. The molecule has 5 aromatic rings. The Hall–Kier alpha value is -4.64. The van der Waals surface area contributed by atoms with Crippen LogP contribution in [0.4, 0.5) is 4.39 Å². The quantitative estimate of drug-likeness (QED) is 0.171. The first kappa shape index (κ1) is 26.9. The first-order chi connectivity index (χ1) is 19.4. The molecule has 0 aliphatic carbocycles. The molecule has 0 bridgehead atoms. The largest absolute Gasteiger partial charge is 0.479 e. The molecule has 1 unspecified atom stereocenters. The van der Waals surface area contributed by atoms with Crippen molar-refractivity contribution in [1.29, 1.82) is 0 Å². The number of thioether (sulfide) groups is 1. The van der Waals surface area contributed by atoms with Gasteiger partial charge in [-0.2, -0.15) is 10.1 Å². The first-order valence-corrected chi connectivity index (χ1v) is 13.6. The Morgan fingerprint density at radius 3 is 2.30 bits per heavy atom. The maximum absolute atomic E-state index is 14.0. The number of fused-ring (bicyclic) bond motifs is 1. The number of carbonyl (C=O) groups is 1. The standard InChI is InChI=1S/C29H25FN4O5S/c1-4-37-28(36)18(2)38-22-14-16-23(17-15-22)39-29-31-25-24(27(35)33(29)20-12-10-19(30)11-13-20)26(40-3)32-34(25)21-8-6-5-7-9-21/h5-18H,4H2,1-3H3. The van der Waals surface area contributed by atoms with E-state index in [1.807, 2.05) is 36.6 Å². The Labute approximate surface area is 233 Å². The number of nitrogens with zero attached hydrogens (tertiary/aromatic N) is 4. The highest BCUT2D eigenvalue weighted by Crippen LogP contribution is 2.30. The van der Waals surface area contributed by atoms with Gasteiger partial charge in [-0.25, -0.2) is 18.4 Å². The van der Waals surface area contributed by atoms with Crippen molar-refractivity contribution < 1.29 is 23.4 Å². The fraction of sp³-hybridized carbons (Fsp3) is 0.172. The molecular weight excluding hydrogens is 535 g/mol. The maximum atomic E-state index is 14.0. The van der Waals surface area contributed by atoms with E-state index in [2.05, 4.69) is 5.10 Å². The van der Waals surface area contributed by atoms with Crippen LogP contribution in [0, 0.1) is 5.82 Å². The van der Waals surface area contributed by atoms with Gasteiger partial charge in [-0.05, 0) is 80.8 Å². The third kappa shape index (κ3) is 5.41. The van der Waals surface area contributed by atoms with Gasteiger partial charge < -0.3 is 14.2 Å². The van der Waals surface area contributed by atoms with E-state index in [9.17, 15) is 14.0 Å². The van der Waals surface area contributed by atoms with Gasteiger partial charge in [-0.15, -0.1) is 11.8 Å². The molecule has 2 heterocycles. The van der Waals surface area contributed by atoms with Crippen LogP contribution in [-0.4, -0.2) is 44.3 Å². The molecule has 0 spiro atoms. The molecule has 0 aliphatic rings. The minimum Gasteiger partial charge on any atom is -0.479 e. The van der Waals surface area contributed by atoms with E-state index in [0.717, 1.165) is 5.69 Å². The van der Waals surface area contributed by atoms with E-state index in [1.165, 1.54) is 40.6 Å². The van der Waals surface area contributed by atoms with Crippen molar-refractivity contribution in [3.05, 3.63) is 95.0 Å². The summed E-state index contributed by atoms with van der Waals surface area (Å²) in [6.45, 7) is 3.58. The number of esters is 1. The van der Waals surface area contributed by atoms with Crippen molar-refractivity contribution in [3.8, 4) is 28.9 Å². The van der Waals surface area contributed by atoms with Gasteiger partial charge in [0.15, 0.2) is 11.8 Å². The number of rotatable bonds is 9. The summed E-state index contributed by atoms with van der Waals surface area (Å²) in [4.78, 5) is 30.6. The van der Waals surface area contributed by atoms with E-state index in [-0.39, 0.29) is 12.6 Å². The van der Waals surface area contributed by atoms with Crippen LogP contribution < -0.4 is 15.0 Å². The molecule has 5 rings (SSSR count). The summed E-state index contributed by atoms with van der Waals surface area (Å²) in [6, 6.07) is 21.3. The number of halogens is 1. The molecule has 0 amide bonds. The third-order valence-electron chi connectivity index (χ3n) is 5.88. The molecule has 40 heavy (non-hydrogen) atoms. The number of aromatic nitrogens is 4. The lowest BCUT2D eigenvalue weighted by atomic mass is 10.3. The number of benzene rings is 3. The summed E-state index contributed by atoms with van der Waals surface area (Å²) in [5.41, 5.74) is 0.999. The number of hydrogen-bond donors (Lipinski definition) is 0. The highest BCUT2D eigenvalue weighted by Gasteiger charge is 2.23. The molecule has 0 saturated carbocycles. The number of carbonyl (C=O) groups excluding carboxylic acids is 1. The fourth-order valence-corrected chi connectivity index (χ4v) is 4.55. The summed E-state index contributed by atoms with van der Waals surface area (Å²) < 4.78 is 33.4. The van der Waals surface area contributed by atoms with Gasteiger partial charge in [-0.3, -0.25) is 4.79 Å². The zero-order valence-electron chi connectivity index (χ0n) is 21.9. The minimum absolute atomic E-state index is 0.0394. The molecule has 2 aromatic heterocycles. The van der Waals surface area contributed by atoms with Crippen molar-refractivity contribution in [2.24, 2.45) is 0 Å². The maximum Gasteiger partial charge on any atom is 0.347 e. The van der Waals surface area contributed by atoms with Gasteiger partial charge in [0.25, 0.3) is 5.56 Å². The van der Waals surface area contributed by atoms with Crippen molar-refractivity contribution in [3.63, 3.8) is 0 Å². The van der Waals surface area contributed by atoms with Crippen molar-refractivity contribution in [2.45, 2.75) is 25.0 Å². The summed E-state index contributed by atoms with van der Waals surface area (Å²) in [6.07, 6.45) is 1.04. The molecular formula is C29H25FN4O5S. The molecule has 1 atom stereocenters. The Morgan fingerprint density at radius 2 is 1.65 bits per heavy atom. The number of ether oxygens (including phenoxy) is 3. The smallest absolute Gasteiger partial charge is 0.347 e. The highest BCUT2D eigenvalue weighted by atomic mass is 32.2. The van der Waals surface area contributed by atoms with Crippen molar-refractivity contribution in [1.82, 2.24) is 19.3 Å². The van der Waals surface area contributed by atoms with Crippen LogP contribution in [-0.2, 0) is 9.53 Å². The van der Waals surface area contributed by atoms with Crippen LogP contribution in [0.3, 0.4) is 0 Å². The van der Waals surface area contributed by atoms with Gasteiger partial charge in [0.05, 0.1) is 18.0 Å². The van der Waals surface area contributed by atoms with Gasteiger partial charge in [-0.1, -0.05) is 18.2 Å². The zero-order valence-corrected chi connectivity index (χ0v) is 22.7. The Morgan fingerprint density at radius 1 is 0.975 bits per heavy atom. The highest BCUT2D eigenvalue weighted by molar-refractivity contribution is 7.98. The topological polar surface area (TPSA) is 97.5 Å². The predicted octanol–water partition coefficient (Wildman–Crippen LogP) is 5.56. The van der Waals surface area contributed by atoms with Crippen LogP contribution in [0.2, 0.25) is 0 Å². The van der Waals surface area contributed by atoms with Crippen LogP contribution in [0.25, 0.3) is 22.4 Å². The van der Waals surface area contributed by atoms with Crippen LogP contribution in [0.5, 0.6) is 17.5 Å². The van der Waals surface area contributed by atoms with E-state index in [1.54, 1.807) is 42.8 Å². The van der Waals surface area contributed by atoms with Gasteiger partial charge in [0.1, 0.15) is 27.7 Å². The summed E-state index contributed by atoms with van der Waals surface area (Å²) in [5, 5.41) is 5.44. The number of para-hydroxylation sites is 1. The van der Waals surface area contributed by atoms with E-state index in [0.29, 0.717) is 33.2 Å². The normalized spacial score (nSPS) is 11.8. The van der Waals surface area contributed by atoms with Gasteiger partial charge in [0.2, 0.25) is 0 Å². The molecule has 3 aromatic carbocycles. The second-order valence-electron chi connectivity index (χ2n) is 8.55. The minimum atomic E-state index is -0.789. The monoisotopic (exact) mass is 560 g/mol. The predicted molar refractivity (Wildman–Crippen MR) is 149 cm³/mol. The number of hydrogen-bond acceptors (Lipinski definition) is 8. The van der Waals surface area contributed by atoms with Crippen LogP contribution >= 0.6 is 11.8 Å². The Bertz CT molecular complexity index is 1700. The first-order valence-electron chi connectivity index (χ1n) is 12.4. The SMILES string of the molecule is CCOC(=O)C(C)Oc1ccc(Oc2nc3c(c(SC)nn3-c3ccccc3)c(=O)n2-c2ccc(F)cc2)cc1. The second kappa shape index (κ2) is 11.6. The van der Waals surface area contributed by atoms with Crippen molar-refractivity contribution in [2.75, 3.05) is 12.9 Å². The Balaban J connectivity index is 1.60. The molecule has 0 fully saturated rings. The molecule has 0 N–H and O–H groups in total. The van der Waals surface area contributed by atoms with Crippen molar-refractivity contribution >= 4 is 28.8 Å². The second-order valence-corrected chi connectivity index (χ2v) is 9.35. The lowest BCUT2D eigenvalue weighted by Crippen LogP contribution is -2.26. The molecule has 204 valence electrons. The lowest BCUT2D eigenvalue weighted by molar-refractivity contribution is -0.150. The molecule has 9 nitrogen and oxygen atoms in total. The van der Waals surface area contributed by atoms with E-state index in [4.69, 9.17) is 19.2 Å². The average Bonchev–Trinajstić information content (AvgIpc) is 3.34. The van der Waals surface area contributed by atoms with Gasteiger partial charge >= 0.3 is 12.0 Å². The van der Waals surface area contributed by atoms with Gasteiger partial charge in [0, 0.05) is 0 Å². The van der Waals surface area contributed by atoms with E-state index < -0.39 is 23.4 Å². The van der Waals surface area contributed by atoms with E-state index >= 15 is 0 Å². The zero-order chi connectivity index (χ0) is 28.2. The van der Waals surface area contributed by atoms with Crippen LogP contribution in [0.15, 0.2) is 88.7 Å². The van der Waals surface area contributed by atoms with Crippen LogP contribution in [0.1, 0.15) is 13.8 Å². The summed E-state index contributed by atoms with van der Waals surface area (Å²) in [7, 11) is 0. The molecule has 0 radical (unpaired) electrons. The summed E-state index contributed by atoms with van der Waals surface area (Å²) in [5.74, 6) is -0.126. The lowest BCUT2D eigenvalue weighted by Gasteiger charge is -2.15. The molecule has 0 saturated heterocycles.